The van der Waals surface area contributed by atoms with E-state index in [-0.39, 0.29) is 11.4 Å². The minimum Gasteiger partial charge on any atom is -0.480 e. The van der Waals surface area contributed by atoms with E-state index in [2.05, 4.69) is 25.4 Å². The lowest BCUT2D eigenvalue weighted by Gasteiger charge is -2.24. The van der Waals surface area contributed by atoms with Crippen LogP contribution in [0.2, 0.25) is 0 Å². The van der Waals surface area contributed by atoms with Gasteiger partial charge in [0.05, 0.1) is 32.2 Å². The maximum atomic E-state index is 13.0. The molecule has 32 heavy (non-hydrogen) atoms. The van der Waals surface area contributed by atoms with Crippen LogP contribution in [0.1, 0.15) is 10.4 Å². The second kappa shape index (κ2) is 8.27. The van der Waals surface area contributed by atoms with E-state index in [4.69, 9.17) is 13.9 Å². The Hall–Kier alpha value is -3.99. The van der Waals surface area contributed by atoms with Crippen LogP contribution in [-0.2, 0) is 11.8 Å². The van der Waals surface area contributed by atoms with Crippen LogP contribution in [0.4, 0.5) is 11.8 Å². The van der Waals surface area contributed by atoms with E-state index in [1.165, 1.54) is 7.11 Å². The molecule has 164 valence electrons. The molecule has 0 saturated carbocycles. The van der Waals surface area contributed by atoms with E-state index in [0.29, 0.717) is 55.1 Å². The number of nitrogens with zero attached hydrogens (tertiary/aromatic N) is 6. The number of amides is 1. The number of hydrogen-bond donors (Lipinski definition) is 1. The third kappa shape index (κ3) is 3.85. The van der Waals surface area contributed by atoms with Crippen molar-refractivity contribution in [1.82, 2.24) is 24.7 Å². The van der Waals surface area contributed by atoms with Crippen molar-refractivity contribution in [2.75, 3.05) is 43.6 Å². The van der Waals surface area contributed by atoms with Gasteiger partial charge in [-0.3, -0.25) is 9.48 Å². The van der Waals surface area contributed by atoms with Crippen molar-refractivity contribution in [1.29, 1.82) is 0 Å². The van der Waals surface area contributed by atoms with E-state index >= 15 is 0 Å². The Labute approximate surface area is 183 Å². The zero-order chi connectivity index (χ0) is 22.1. The van der Waals surface area contributed by atoms with Gasteiger partial charge < -0.3 is 24.1 Å². The van der Waals surface area contributed by atoms with Crippen LogP contribution in [0.3, 0.4) is 0 Å². The Bertz CT molecular complexity index is 1280. The van der Waals surface area contributed by atoms with Crippen molar-refractivity contribution in [3.8, 4) is 17.1 Å². The molecule has 0 bridgehead atoms. The molecule has 11 nitrogen and oxygen atoms in total. The molecule has 0 radical (unpaired) electrons. The molecule has 1 aliphatic heterocycles. The molecule has 4 aromatic rings. The summed E-state index contributed by atoms with van der Waals surface area (Å²) < 4.78 is 18.3. The monoisotopic (exact) mass is 435 g/mol. The largest absolute Gasteiger partial charge is 0.480 e. The minimum absolute atomic E-state index is 0.153. The minimum atomic E-state index is -0.420. The van der Waals surface area contributed by atoms with Gasteiger partial charge in [-0.2, -0.15) is 15.1 Å². The van der Waals surface area contributed by atoms with Gasteiger partial charge in [0.1, 0.15) is 11.4 Å². The van der Waals surface area contributed by atoms with Crippen molar-refractivity contribution >= 4 is 29.0 Å². The van der Waals surface area contributed by atoms with Gasteiger partial charge in [-0.25, -0.2) is 4.98 Å². The molecule has 1 saturated heterocycles. The zero-order valence-electron chi connectivity index (χ0n) is 17.6. The Balaban J connectivity index is 1.42. The Morgan fingerprint density at radius 3 is 2.78 bits per heavy atom. The second-order valence-electron chi connectivity index (χ2n) is 7.23. The standard InChI is InChI=1S/C21H21N7O4/c1-27-12-13(11-22-27)15-4-3-5-17(23-15)24-19(29)14-10-16-18(25-20(14)30-2)26-21(32-16)28-6-8-31-9-7-28/h3-5,10-12H,6-9H2,1-2H3,(H,23,24,29). The SMILES string of the molecule is COc1nc2nc(N3CCOCC3)oc2cc1C(=O)Nc1cccc(-c2cnn(C)c2)n1. The first kappa shape index (κ1) is 19.9. The Kier molecular flexibility index (Phi) is 5.15. The van der Waals surface area contributed by atoms with E-state index in [9.17, 15) is 4.79 Å². The van der Waals surface area contributed by atoms with Crippen LogP contribution in [0.15, 0.2) is 41.1 Å². The highest BCUT2D eigenvalue weighted by molar-refractivity contribution is 6.06. The van der Waals surface area contributed by atoms with Gasteiger partial charge in [0.2, 0.25) is 11.5 Å². The molecule has 4 aromatic heterocycles. The number of carbonyl (C=O) groups is 1. The molecule has 0 spiro atoms. The van der Waals surface area contributed by atoms with E-state index in [0.717, 1.165) is 5.56 Å². The number of ether oxygens (including phenoxy) is 2. The second-order valence-corrected chi connectivity index (χ2v) is 7.23. The quantitative estimate of drug-likeness (QED) is 0.502. The predicted molar refractivity (Wildman–Crippen MR) is 116 cm³/mol. The smallest absolute Gasteiger partial charge is 0.300 e. The van der Waals surface area contributed by atoms with Gasteiger partial charge in [0, 0.05) is 38.0 Å². The van der Waals surface area contributed by atoms with E-state index < -0.39 is 5.91 Å². The zero-order valence-corrected chi connectivity index (χ0v) is 17.6. The number of methoxy groups -OCH3 is 1. The van der Waals surface area contributed by atoms with Crippen LogP contribution < -0.4 is 15.0 Å². The molecule has 1 N–H and O–H groups in total. The predicted octanol–water partition coefficient (Wildman–Crippen LogP) is 2.12. The van der Waals surface area contributed by atoms with Crippen molar-refractivity contribution in [2.45, 2.75) is 0 Å². The molecule has 11 heteroatoms. The molecule has 1 amide bonds. The van der Waals surface area contributed by atoms with Gasteiger partial charge in [-0.1, -0.05) is 6.07 Å². The summed E-state index contributed by atoms with van der Waals surface area (Å²) in [6, 6.07) is 7.40. The molecule has 0 atom stereocenters. The summed E-state index contributed by atoms with van der Waals surface area (Å²) in [6.45, 7) is 2.56. The first-order valence-corrected chi connectivity index (χ1v) is 10.1. The highest BCUT2D eigenvalue weighted by atomic mass is 16.5. The number of rotatable bonds is 5. The van der Waals surface area contributed by atoms with Gasteiger partial charge in [-0.15, -0.1) is 0 Å². The highest BCUT2D eigenvalue weighted by Gasteiger charge is 2.22. The van der Waals surface area contributed by atoms with Gasteiger partial charge in [0.15, 0.2) is 5.58 Å². The molecular formula is C21H21N7O4. The fraction of sp³-hybridized carbons (Fsp3) is 0.286. The summed E-state index contributed by atoms with van der Waals surface area (Å²) in [5.41, 5.74) is 2.53. The lowest BCUT2D eigenvalue weighted by Crippen LogP contribution is -2.36. The third-order valence-corrected chi connectivity index (χ3v) is 5.05. The fourth-order valence-electron chi connectivity index (χ4n) is 3.45. The molecule has 0 aromatic carbocycles. The molecule has 5 rings (SSSR count). The number of pyridine rings is 2. The van der Waals surface area contributed by atoms with Crippen LogP contribution in [0, 0.1) is 0 Å². The Morgan fingerprint density at radius 2 is 2.03 bits per heavy atom. The number of nitrogens with one attached hydrogen (secondary N) is 1. The van der Waals surface area contributed by atoms with Gasteiger partial charge in [-0.05, 0) is 12.1 Å². The van der Waals surface area contributed by atoms with Crippen LogP contribution in [-0.4, -0.2) is 64.1 Å². The van der Waals surface area contributed by atoms with Crippen molar-refractivity contribution < 1.29 is 18.7 Å². The maximum Gasteiger partial charge on any atom is 0.300 e. The van der Waals surface area contributed by atoms with E-state index in [1.54, 1.807) is 23.0 Å². The number of morpholine rings is 1. The van der Waals surface area contributed by atoms with Crippen molar-refractivity contribution in [3.63, 3.8) is 0 Å². The Morgan fingerprint density at radius 1 is 1.19 bits per heavy atom. The molecule has 5 heterocycles. The summed E-state index contributed by atoms with van der Waals surface area (Å²) in [7, 11) is 3.29. The molecule has 1 fully saturated rings. The number of oxazole rings is 1. The summed E-state index contributed by atoms with van der Waals surface area (Å²) in [5, 5.41) is 6.95. The summed E-state index contributed by atoms with van der Waals surface area (Å²) >= 11 is 0. The number of aromatic nitrogens is 5. The maximum absolute atomic E-state index is 13.0. The summed E-state index contributed by atoms with van der Waals surface area (Å²) in [5.74, 6) is 0.127. The molecular weight excluding hydrogens is 414 g/mol. The third-order valence-electron chi connectivity index (χ3n) is 5.05. The number of carbonyl (C=O) groups excluding carboxylic acids is 1. The normalized spacial score (nSPS) is 14.0. The lowest BCUT2D eigenvalue weighted by atomic mass is 10.2. The summed E-state index contributed by atoms with van der Waals surface area (Å²) in [4.78, 5) is 28.3. The number of hydrogen-bond acceptors (Lipinski definition) is 9. The van der Waals surface area contributed by atoms with Gasteiger partial charge in [0.25, 0.3) is 11.9 Å². The average molecular weight is 435 g/mol. The number of fused-ring (bicyclic) bond motifs is 1. The lowest BCUT2D eigenvalue weighted by molar-refractivity contribution is 0.102. The number of anilines is 2. The first-order valence-electron chi connectivity index (χ1n) is 10.1. The average Bonchev–Trinajstić information content (AvgIpc) is 3.44. The number of aryl methyl sites for hydroxylation is 1. The molecule has 0 aliphatic carbocycles. The topological polar surface area (TPSA) is 120 Å². The molecule has 0 unspecified atom stereocenters. The first-order chi connectivity index (χ1) is 15.6. The summed E-state index contributed by atoms with van der Waals surface area (Å²) in [6.07, 6.45) is 3.57. The van der Waals surface area contributed by atoms with Crippen molar-refractivity contribution in [3.05, 3.63) is 42.2 Å². The van der Waals surface area contributed by atoms with E-state index in [1.807, 2.05) is 30.3 Å². The molecule has 1 aliphatic rings. The van der Waals surface area contributed by atoms with Gasteiger partial charge >= 0.3 is 0 Å². The van der Waals surface area contributed by atoms with Crippen LogP contribution >= 0.6 is 0 Å². The van der Waals surface area contributed by atoms with Crippen molar-refractivity contribution in [2.24, 2.45) is 7.05 Å². The van der Waals surface area contributed by atoms with Crippen LogP contribution in [0.25, 0.3) is 22.5 Å². The fourth-order valence-corrected chi connectivity index (χ4v) is 3.45. The van der Waals surface area contributed by atoms with Crippen LogP contribution in [0.5, 0.6) is 5.88 Å². The highest BCUT2D eigenvalue weighted by Crippen LogP contribution is 2.27.